The predicted molar refractivity (Wildman–Crippen MR) is 73.4 cm³/mol. The second kappa shape index (κ2) is 4.71. The highest BCUT2D eigenvalue weighted by atomic mass is 32.1. The number of thiophene rings is 1. The van der Waals surface area contributed by atoms with Crippen molar-refractivity contribution in [3.05, 3.63) is 22.4 Å². The number of hydrogen-bond acceptors (Lipinski definition) is 3. The molecule has 1 unspecified atom stereocenters. The minimum absolute atomic E-state index is 0.467. The summed E-state index contributed by atoms with van der Waals surface area (Å²) in [6.07, 6.45) is 5.60. The van der Waals surface area contributed by atoms with E-state index in [9.17, 15) is 0 Å². The van der Waals surface area contributed by atoms with Crippen LogP contribution in [0, 0.1) is 0 Å². The zero-order valence-corrected chi connectivity index (χ0v) is 11.4. The summed E-state index contributed by atoms with van der Waals surface area (Å²) < 4.78 is 0. The lowest BCUT2D eigenvalue weighted by Gasteiger charge is -2.47. The first kappa shape index (κ1) is 11.7. The summed E-state index contributed by atoms with van der Waals surface area (Å²) in [5.74, 6) is 0. The molecule has 2 heterocycles. The first-order chi connectivity index (χ1) is 8.28. The van der Waals surface area contributed by atoms with Crippen molar-refractivity contribution in [2.45, 2.75) is 50.7 Å². The van der Waals surface area contributed by atoms with Gasteiger partial charge in [-0.15, -0.1) is 0 Å². The molecule has 1 spiro atoms. The second-order valence-electron chi connectivity index (χ2n) is 5.73. The van der Waals surface area contributed by atoms with Crippen LogP contribution in [-0.2, 0) is 6.54 Å². The predicted octanol–water partition coefficient (Wildman–Crippen LogP) is 2.85. The molecule has 1 saturated heterocycles. The van der Waals surface area contributed by atoms with Crippen molar-refractivity contribution in [1.29, 1.82) is 0 Å². The van der Waals surface area contributed by atoms with E-state index in [-0.39, 0.29) is 0 Å². The van der Waals surface area contributed by atoms with Gasteiger partial charge in [0.25, 0.3) is 0 Å². The van der Waals surface area contributed by atoms with E-state index in [0.717, 1.165) is 6.54 Å². The molecule has 1 saturated carbocycles. The molecule has 0 amide bonds. The van der Waals surface area contributed by atoms with Gasteiger partial charge in [0.05, 0.1) is 0 Å². The highest BCUT2D eigenvalue weighted by molar-refractivity contribution is 7.07. The number of nitrogens with zero attached hydrogens (tertiary/aromatic N) is 1. The molecule has 0 aromatic carbocycles. The van der Waals surface area contributed by atoms with Crippen LogP contribution in [0.2, 0.25) is 0 Å². The molecule has 2 nitrogen and oxygen atoms in total. The topological polar surface area (TPSA) is 15.3 Å². The second-order valence-corrected chi connectivity index (χ2v) is 6.51. The summed E-state index contributed by atoms with van der Waals surface area (Å²) in [5.41, 5.74) is 1.96. The van der Waals surface area contributed by atoms with Gasteiger partial charge in [-0.25, -0.2) is 0 Å². The Hall–Kier alpha value is -0.380. The third-order valence-corrected chi connectivity index (χ3v) is 5.16. The van der Waals surface area contributed by atoms with E-state index < -0.39 is 0 Å². The zero-order valence-electron chi connectivity index (χ0n) is 10.6. The highest BCUT2D eigenvalue weighted by Gasteiger charge is 2.42. The molecule has 0 bridgehead atoms. The van der Waals surface area contributed by atoms with E-state index in [1.165, 1.54) is 44.3 Å². The number of piperazine rings is 1. The first-order valence-electron chi connectivity index (χ1n) is 6.78. The number of nitrogens with one attached hydrogen (secondary N) is 1. The van der Waals surface area contributed by atoms with E-state index in [1.807, 2.05) is 11.3 Å². The third kappa shape index (κ3) is 2.28. The lowest BCUT2D eigenvalue weighted by Crippen LogP contribution is -2.62. The van der Waals surface area contributed by atoms with Gasteiger partial charge < -0.3 is 5.32 Å². The van der Waals surface area contributed by atoms with Crippen LogP contribution in [0.15, 0.2) is 16.8 Å². The minimum Gasteiger partial charge on any atom is -0.311 e. The maximum absolute atomic E-state index is 3.69. The molecule has 17 heavy (non-hydrogen) atoms. The summed E-state index contributed by atoms with van der Waals surface area (Å²) in [7, 11) is 0. The molecule has 94 valence electrons. The van der Waals surface area contributed by atoms with E-state index in [4.69, 9.17) is 0 Å². The van der Waals surface area contributed by atoms with Crippen LogP contribution in [0.4, 0.5) is 0 Å². The molecule has 1 aliphatic heterocycles. The molecule has 3 heteroatoms. The molecular weight excluding hydrogens is 228 g/mol. The first-order valence-corrected chi connectivity index (χ1v) is 7.72. The Balaban J connectivity index is 1.77. The van der Waals surface area contributed by atoms with E-state index in [1.54, 1.807) is 0 Å². The van der Waals surface area contributed by atoms with Gasteiger partial charge >= 0.3 is 0 Å². The van der Waals surface area contributed by atoms with Crippen molar-refractivity contribution >= 4 is 11.3 Å². The van der Waals surface area contributed by atoms with E-state index in [2.05, 4.69) is 34.0 Å². The zero-order chi connectivity index (χ0) is 11.7. The van der Waals surface area contributed by atoms with Gasteiger partial charge in [-0.05, 0) is 42.2 Å². The average molecular weight is 250 g/mol. The maximum atomic E-state index is 3.69. The van der Waals surface area contributed by atoms with Gasteiger partial charge in [-0.1, -0.05) is 12.8 Å². The molecule has 2 fully saturated rings. The average Bonchev–Trinajstić information content (AvgIpc) is 2.96. The Kier molecular flexibility index (Phi) is 3.24. The Morgan fingerprint density at radius 2 is 2.29 bits per heavy atom. The molecular formula is C14H22N2S. The molecule has 3 rings (SSSR count). The van der Waals surface area contributed by atoms with Crippen LogP contribution in [-0.4, -0.2) is 29.6 Å². The van der Waals surface area contributed by atoms with Gasteiger partial charge in [0, 0.05) is 31.2 Å². The van der Waals surface area contributed by atoms with Crippen molar-refractivity contribution in [3.63, 3.8) is 0 Å². The van der Waals surface area contributed by atoms with Crippen LogP contribution >= 0.6 is 11.3 Å². The molecule has 0 radical (unpaired) electrons. The monoisotopic (exact) mass is 250 g/mol. The normalized spacial score (nSPS) is 28.9. The van der Waals surface area contributed by atoms with E-state index in [0.29, 0.717) is 11.6 Å². The number of hydrogen-bond donors (Lipinski definition) is 1. The fourth-order valence-electron chi connectivity index (χ4n) is 3.43. The number of rotatable bonds is 2. The van der Waals surface area contributed by atoms with Gasteiger partial charge in [-0.2, -0.15) is 11.3 Å². The Morgan fingerprint density at radius 1 is 1.47 bits per heavy atom. The quantitative estimate of drug-likeness (QED) is 0.868. The van der Waals surface area contributed by atoms with Gasteiger partial charge in [0.1, 0.15) is 0 Å². The fourth-order valence-corrected chi connectivity index (χ4v) is 4.09. The highest BCUT2D eigenvalue weighted by Crippen LogP contribution is 2.37. The van der Waals surface area contributed by atoms with Crippen molar-refractivity contribution in [2.75, 3.05) is 13.1 Å². The molecule has 1 aliphatic carbocycles. The maximum Gasteiger partial charge on any atom is 0.0338 e. The van der Waals surface area contributed by atoms with E-state index >= 15 is 0 Å². The van der Waals surface area contributed by atoms with Crippen molar-refractivity contribution in [2.24, 2.45) is 0 Å². The Labute approximate surface area is 108 Å². The summed E-state index contributed by atoms with van der Waals surface area (Å²) >= 11 is 1.82. The Morgan fingerprint density at radius 3 is 3.00 bits per heavy atom. The molecule has 1 aromatic rings. The third-order valence-electron chi connectivity index (χ3n) is 4.43. The molecule has 1 atom stereocenters. The summed E-state index contributed by atoms with van der Waals surface area (Å²) in [6.45, 7) is 5.85. The molecule has 2 aliphatic rings. The van der Waals surface area contributed by atoms with Crippen LogP contribution in [0.5, 0.6) is 0 Å². The van der Waals surface area contributed by atoms with Crippen molar-refractivity contribution in [3.8, 4) is 0 Å². The summed E-state index contributed by atoms with van der Waals surface area (Å²) in [4.78, 5) is 2.75. The Bertz CT molecular complexity index is 354. The molecule has 1 N–H and O–H groups in total. The van der Waals surface area contributed by atoms with Gasteiger partial charge in [-0.3, -0.25) is 4.90 Å². The fraction of sp³-hybridized carbons (Fsp3) is 0.714. The smallest absolute Gasteiger partial charge is 0.0338 e. The van der Waals surface area contributed by atoms with Crippen LogP contribution in [0.3, 0.4) is 0 Å². The molecule has 1 aromatic heterocycles. The standard InChI is InChI=1S/C14H22N2S/c1-12-8-16(9-13-4-7-17-10-13)14(11-15-12)5-2-3-6-14/h4,7,10,12,15H,2-3,5-6,8-9,11H2,1H3. The van der Waals surface area contributed by atoms with Crippen LogP contribution < -0.4 is 5.32 Å². The van der Waals surface area contributed by atoms with Crippen molar-refractivity contribution < 1.29 is 0 Å². The van der Waals surface area contributed by atoms with Gasteiger partial charge in [0.2, 0.25) is 0 Å². The lowest BCUT2D eigenvalue weighted by molar-refractivity contribution is 0.0394. The van der Waals surface area contributed by atoms with Crippen molar-refractivity contribution in [1.82, 2.24) is 10.2 Å². The summed E-state index contributed by atoms with van der Waals surface area (Å²) in [5, 5.41) is 8.18. The minimum atomic E-state index is 0.467. The van der Waals surface area contributed by atoms with Crippen LogP contribution in [0.1, 0.15) is 38.2 Å². The summed E-state index contributed by atoms with van der Waals surface area (Å²) in [6, 6.07) is 2.92. The van der Waals surface area contributed by atoms with Crippen LogP contribution in [0.25, 0.3) is 0 Å². The van der Waals surface area contributed by atoms with Gasteiger partial charge in [0.15, 0.2) is 0 Å². The lowest BCUT2D eigenvalue weighted by atomic mass is 9.91. The SMILES string of the molecule is CC1CN(Cc2ccsc2)C2(CCCC2)CN1. The largest absolute Gasteiger partial charge is 0.311 e.